The largest absolute Gasteiger partial charge is 0.472 e. The summed E-state index contributed by atoms with van der Waals surface area (Å²) in [5.74, 6) is 0.461. The van der Waals surface area contributed by atoms with Crippen molar-refractivity contribution < 1.29 is 19.1 Å². The summed E-state index contributed by atoms with van der Waals surface area (Å²) in [6, 6.07) is 2.09. The lowest BCUT2D eigenvalue weighted by molar-refractivity contribution is -0.186. The predicted molar refractivity (Wildman–Crippen MR) is 115 cm³/mol. The molecule has 2 fully saturated rings. The highest BCUT2D eigenvalue weighted by Gasteiger charge is 2.67. The zero-order valence-electron chi connectivity index (χ0n) is 18.8. The Balaban J connectivity index is 1.61. The van der Waals surface area contributed by atoms with Crippen molar-refractivity contribution in [1.29, 1.82) is 0 Å². The average Bonchev–Trinajstić information content (AvgIpc) is 3.28. The Morgan fingerprint density at radius 3 is 2.60 bits per heavy atom. The fourth-order valence-electron chi connectivity index (χ4n) is 8.18. The fourth-order valence-corrected chi connectivity index (χ4v) is 8.18. The molecule has 0 unspecified atom stereocenters. The van der Waals surface area contributed by atoms with Gasteiger partial charge in [0.15, 0.2) is 0 Å². The molecule has 7 atom stereocenters. The Kier molecular flexibility index (Phi) is 4.10. The summed E-state index contributed by atoms with van der Waals surface area (Å²) in [7, 11) is 0. The number of aliphatic hydroxyl groups excluding tert-OH is 1. The highest BCUT2D eigenvalue weighted by atomic mass is 16.6. The monoisotopic (exact) mass is 410 g/mol. The van der Waals surface area contributed by atoms with E-state index < -0.39 is 11.7 Å². The Hall–Kier alpha value is -1.81. The molecular weight excluding hydrogens is 376 g/mol. The summed E-state index contributed by atoms with van der Waals surface area (Å²) in [4.78, 5) is 12.3. The van der Waals surface area contributed by atoms with Crippen LogP contribution in [-0.4, -0.2) is 22.8 Å². The minimum Gasteiger partial charge on any atom is -0.472 e. The Morgan fingerprint density at radius 2 is 1.90 bits per heavy atom. The number of hydrogen-bond acceptors (Lipinski definition) is 4. The number of allylic oxidation sites excluding steroid dienone is 2. The molecule has 4 aliphatic rings. The first kappa shape index (κ1) is 20.1. The third-order valence-electron chi connectivity index (χ3n) is 9.58. The minimum atomic E-state index is -0.609. The molecule has 1 aliphatic heterocycles. The summed E-state index contributed by atoms with van der Waals surface area (Å²) < 4.78 is 11.2. The number of cyclic esters (lactones) is 1. The molecular formula is C26H34O4. The molecule has 2 saturated carbocycles. The van der Waals surface area contributed by atoms with Gasteiger partial charge in [0.05, 0.1) is 18.6 Å². The molecule has 0 saturated heterocycles. The summed E-state index contributed by atoms with van der Waals surface area (Å²) in [5, 5.41) is 11.7. The molecule has 0 spiro atoms. The molecule has 5 rings (SSSR count). The number of aliphatic hydroxyl groups is 1. The summed E-state index contributed by atoms with van der Waals surface area (Å²) in [6.45, 7) is 11.0. The number of ether oxygens (including phenoxy) is 1. The summed E-state index contributed by atoms with van der Waals surface area (Å²) in [5.41, 5.74) is 1.56. The number of carbonyl (C=O) groups is 1. The molecule has 0 aromatic carbocycles. The normalized spacial score (nSPS) is 46.9. The van der Waals surface area contributed by atoms with Gasteiger partial charge >= 0.3 is 5.97 Å². The molecule has 2 heterocycles. The highest BCUT2D eigenvalue weighted by molar-refractivity contribution is 5.83. The maximum absolute atomic E-state index is 12.3. The van der Waals surface area contributed by atoms with Crippen LogP contribution < -0.4 is 0 Å². The van der Waals surface area contributed by atoms with E-state index in [1.807, 2.05) is 20.1 Å². The van der Waals surface area contributed by atoms with Gasteiger partial charge in [0.1, 0.15) is 5.60 Å². The van der Waals surface area contributed by atoms with E-state index >= 15 is 0 Å². The standard InChI is InChI=1S/C26H34O4/c1-23(2)20-14-21(27)26(5)18-7-6-17(16-10-13-29-15-16)24(18,3)11-8-19(26)25(20,4)12-9-22(28)30-23/h7,9-10,12-13,15,17,19-21,27H,6,8,11,14H2,1-5H3/t17-,19+,20-,21+,24-,25+,26-/m0/s1. The topological polar surface area (TPSA) is 59.7 Å². The van der Waals surface area contributed by atoms with E-state index in [-0.39, 0.29) is 34.1 Å². The molecule has 3 aliphatic carbocycles. The van der Waals surface area contributed by atoms with Crippen molar-refractivity contribution in [2.75, 3.05) is 0 Å². The van der Waals surface area contributed by atoms with Crippen molar-refractivity contribution in [1.82, 2.24) is 0 Å². The van der Waals surface area contributed by atoms with Crippen LogP contribution >= 0.6 is 0 Å². The number of hydrogen-bond donors (Lipinski definition) is 1. The van der Waals surface area contributed by atoms with E-state index in [4.69, 9.17) is 9.15 Å². The smallest absolute Gasteiger partial charge is 0.330 e. The molecule has 0 bridgehead atoms. The predicted octanol–water partition coefficient (Wildman–Crippen LogP) is 5.39. The van der Waals surface area contributed by atoms with Crippen LogP contribution in [0.25, 0.3) is 0 Å². The molecule has 1 aromatic rings. The van der Waals surface area contributed by atoms with Gasteiger partial charge in [-0.3, -0.25) is 0 Å². The van der Waals surface area contributed by atoms with Crippen molar-refractivity contribution >= 4 is 5.97 Å². The van der Waals surface area contributed by atoms with Gasteiger partial charge in [-0.1, -0.05) is 38.5 Å². The van der Waals surface area contributed by atoms with Crippen LogP contribution in [0.5, 0.6) is 0 Å². The first-order chi connectivity index (χ1) is 14.0. The van der Waals surface area contributed by atoms with E-state index in [1.54, 1.807) is 12.3 Å². The van der Waals surface area contributed by atoms with Gasteiger partial charge in [0, 0.05) is 17.4 Å². The molecule has 0 amide bonds. The lowest BCUT2D eigenvalue weighted by atomic mass is 9.40. The maximum atomic E-state index is 12.3. The van der Waals surface area contributed by atoms with Gasteiger partial charge in [-0.05, 0) is 73.8 Å². The SMILES string of the molecule is CC1(C)OC(=O)C=C[C@]2(C)[C@H]3CC[C@]4(C)C(=CC[C@H]4c4ccoc4)[C@]3(C)[C@H](O)C[C@@H]12. The zero-order chi connectivity index (χ0) is 21.5. The first-order valence-electron chi connectivity index (χ1n) is 11.4. The third kappa shape index (κ3) is 2.40. The molecule has 4 heteroatoms. The van der Waals surface area contributed by atoms with Crippen LogP contribution in [0.1, 0.15) is 71.8 Å². The van der Waals surface area contributed by atoms with Crippen LogP contribution in [0.2, 0.25) is 0 Å². The van der Waals surface area contributed by atoms with E-state index in [2.05, 4.69) is 39.0 Å². The first-order valence-corrected chi connectivity index (χ1v) is 11.4. The Morgan fingerprint density at radius 1 is 1.13 bits per heavy atom. The number of esters is 1. The Labute approximate surface area is 179 Å². The van der Waals surface area contributed by atoms with E-state index in [0.717, 1.165) is 19.3 Å². The lowest BCUT2D eigenvalue weighted by Gasteiger charge is -2.64. The van der Waals surface area contributed by atoms with Crippen molar-refractivity contribution in [3.8, 4) is 0 Å². The average molecular weight is 411 g/mol. The van der Waals surface area contributed by atoms with Crippen molar-refractivity contribution in [2.24, 2.45) is 28.1 Å². The van der Waals surface area contributed by atoms with Crippen molar-refractivity contribution in [3.63, 3.8) is 0 Å². The van der Waals surface area contributed by atoms with Crippen LogP contribution in [-0.2, 0) is 9.53 Å². The molecule has 1 aromatic heterocycles. The number of fused-ring (bicyclic) bond motifs is 5. The van der Waals surface area contributed by atoms with Crippen LogP contribution in [0, 0.1) is 28.1 Å². The summed E-state index contributed by atoms with van der Waals surface area (Å²) >= 11 is 0. The van der Waals surface area contributed by atoms with Gasteiger partial charge < -0.3 is 14.3 Å². The summed E-state index contributed by atoms with van der Waals surface area (Å²) in [6.07, 6.45) is 13.1. The van der Waals surface area contributed by atoms with E-state index in [0.29, 0.717) is 12.3 Å². The highest BCUT2D eigenvalue weighted by Crippen LogP contribution is 2.71. The molecule has 30 heavy (non-hydrogen) atoms. The number of carbonyl (C=O) groups excluding carboxylic acids is 1. The number of rotatable bonds is 1. The van der Waals surface area contributed by atoms with Crippen molar-refractivity contribution in [2.45, 2.75) is 77.9 Å². The van der Waals surface area contributed by atoms with Gasteiger partial charge in [-0.25, -0.2) is 4.79 Å². The van der Waals surface area contributed by atoms with Gasteiger partial charge in [-0.2, -0.15) is 0 Å². The van der Waals surface area contributed by atoms with E-state index in [9.17, 15) is 9.90 Å². The molecule has 4 nitrogen and oxygen atoms in total. The molecule has 0 radical (unpaired) electrons. The van der Waals surface area contributed by atoms with Crippen LogP contribution in [0.4, 0.5) is 0 Å². The second-order valence-electron chi connectivity index (χ2n) is 11.3. The Bertz CT molecular complexity index is 925. The van der Waals surface area contributed by atoms with E-state index in [1.165, 1.54) is 11.1 Å². The van der Waals surface area contributed by atoms with Crippen molar-refractivity contribution in [3.05, 3.63) is 48.0 Å². The van der Waals surface area contributed by atoms with Gasteiger partial charge in [-0.15, -0.1) is 0 Å². The quantitative estimate of drug-likeness (QED) is 0.498. The minimum absolute atomic E-state index is 0.0234. The number of furan rings is 1. The molecule has 162 valence electrons. The fraction of sp³-hybridized carbons (Fsp3) is 0.654. The van der Waals surface area contributed by atoms with Gasteiger partial charge in [0.25, 0.3) is 0 Å². The third-order valence-corrected chi connectivity index (χ3v) is 9.58. The molecule has 1 N–H and O–H groups in total. The van der Waals surface area contributed by atoms with Crippen LogP contribution in [0.3, 0.4) is 0 Å². The van der Waals surface area contributed by atoms with Gasteiger partial charge in [0.2, 0.25) is 0 Å². The second-order valence-corrected chi connectivity index (χ2v) is 11.3. The lowest BCUT2D eigenvalue weighted by Crippen LogP contribution is -2.63. The maximum Gasteiger partial charge on any atom is 0.330 e. The second kappa shape index (κ2) is 6.12. The van der Waals surface area contributed by atoms with Crippen LogP contribution in [0.15, 0.2) is 46.8 Å². The zero-order valence-corrected chi connectivity index (χ0v) is 18.8.